The number of hydrogen-bond acceptors (Lipinski definition) is 13. The summed E-state index contributed by atoms with van der Waals surface area (Å²) < 4.78 is 76.3. The van der Waals surface area contributed by atoms with Crippen molar-refractivity contribution in [1.29, 1.82) is 0 Å². The maximum Gasteiger partial charge on any atom is 0.416 e. The first-order valence-electron chi connectivity index (χ1n) is 20.2. The molecule has 3 saturated heterocycles. The van der Waals surface area contributed by atoms with Crippen LogP contribution >= 0.6 is 0 Å². The molecule has 1 aromatic heterocycles. The van der Waals surface area contributed by atoms with Gasteiger partial charge in [-0.2, -0.15) is 13.2 Å². The lowest BCUT2D eigenvalue weighted by Gasteiger charge is -2.47. The number of aliphatic hydroxyl groups is 1. The van der Waals surface area contributed by atoms with Crippen LogP contribution in [0.2, 0.25) is 0 Å². The number of aliphatic hydroxyl groups excluding tert-OH is 1. The number of alkyl halides is 3. The first-order valence-corrected chi connectivity index (χ1v) is 20.2. The number of amides is 1. The number of nitrogens with one attached hydrogen (secondary N) is 1. The van der Waals surface area contributed by atoms with Crippen molar-refractivity contribution in [2.24, 2.45) is 23.7 Å². The van der Waals surface area contributed by atoms with Crippen LogP contribution in [0.5, 0.6) is 0 Å². The fourth-order valence-corrected chi connectivity index (χ4v) is 8.78. The lowest BCUT2D eigenvalue weighted by Crippen LogP contribution is -2.60. The summed E-state index contributed by atoms with van der Waals surface area (Å²) in [7, 11) is 3.63. The molecule has 2 N–H and O–H groups in total. The smallest absolute Gasteiger partial charge is 0.416 e. The van der Waals surface area contributed by atoms with E-state index in [1.165, 1.54) is 25.1 Å². The number of carbonyl (C=O) groups excluding carboxylic acids is 4. The molecule has 1 aromatic carbocycles. The minimum Gasteiger partial charge on any atom is -0.458 e. The van der Waals surface area contributed by atoms with E-state index in [1.54, 1.807) is 41.5 Å². The van der Waals surface area contributed by atoms with Crippen LogP contribution in [0.1, 0.15) is 86.0 Å². The number of Topliss-reactive ketones (excluding diaryl/α,β-unsaturated/α-hetero) is 2. The van der Waals surface area contributed by atoms with Crippen molar-refractivity contribution in [2.75, 3.05) is 20.7 Å². The summed E-state index contributed by atoms with van der Waals surface area (Å²) in [6.45, 7) is 12.8. The van der Waals surface area contributed by atoms with Crippen molar-refractivity contribution >= 4 is 23.6 Å². The highest BCUT2D eigenvalue weighted by Gasteiger charge is 2.57. The highest BCUT2D eigenvalue weighted by atomic mass is 19.4. The van der Waals surface area contributed by atoms with E-state index in [0.29, 0.717) is 6.42 Å². The Hall–Kier alpha value is -4.34. The molecule has 3 aliphatic rings. The van der Waals surface area contributed by atoms with Gasteiger partial charge in [0.1, 0.15) is 36.2 Å². The third kappa shape index (κ3) is 9.89. The molecule has 0 unspecified atom stereocenters. The molecule has 3 fully saturated rings. The van der Waals surface area contributed by atoms with E-state index in [-0.39, 0.29) is 54.4 Å². The predicted molar refractivity (Wildman–Crippen MR) is 209 cm³/mol. The zero-order valence-corrected chi connectivity index (χ0v) is 35.6. The van der Waals surface area contributed by atoms with Crippen LogP contribution in [0.25, 0.3) is 11.3 Å². The second-order valence-corrected chi connectivity index (χ2v) is 16.9. The molecule has 4 heterocycles. The maximum atomic E-state index is 14.4. The number of hydrogen-bond donors (Lipinski definition) is 2. The minimum absolute atomic E-state index is 0.0277. The van der Waals surface area contributed by atoms with Crippen molar-refractivity contribution in [1.82, 2.24) is 15.4 Å². The monoisotopic (exact) mass is 847 g/mol. The van der Waals surface area contributed by atoms with Gasteiger partial charge in [-0.3, -0.25) is 14.4 Å². The van der Waals surface area contributed by atoms with Gasteiger partial charge in [0, 0.05) is 35.4 Å². The third-order valence-electron chi connectivity index (χ3n) is 12.1. The molecular formula is C43H56F3N3O11. The molecular weight excluding hydrogens is 791 g/mol. The van der Waals surface area contributed by atoms with Crippen LogP contribution in [0.3, 0.4) is 0 Å². The Morgan fingerprint density at radius 3 is 2.38 bits per heavy atom. The summed E-state index contributed by atoms with van der Waals surface area (Å²) in [5.41, 5.74) is -3.57. The number of cyclic esters (lactones) is 1. The second-order valence-electron chi connectivity index (χ2n) is 16.9. The molecule has 60 heavy (non-hydrogen) atoms. The maximum absolute atomic E-state index is 14.4. The van der Waals surface area contributed by atoms with Gasteiger partial charge in [-0.25, -0.2) is 4.79 Å². The summed E-state index contributed by atoms with van der Waals surface area (Å²) in [6.07, 6.45) is -9.78. The van der Waals surface area contributed by atoms with Crippen LogP contribution in [-0.4, -0.2) is 113 Å². The number of ether oxygens (including phenoxy) is 5. The fourth-order valence-electron chi connectivity index (χ4n) is 8.78. The fraction of sp³-hybridized carbons (Fsp3) is 0.651. The third-order valence-corrected chi connectivity index (χ3v) is 12.1. The molecule has 2 aromatic rings. The van der Waals surface area contributed by atoms with Crippen LogP contribution in [0, 0.1) is 35.5 Å². The Morgan fingerprint density at radius 2 is 1.73 bits per heavy atom. The molecule has 14 nitrogen and oxygen atoms in total. The normalized spacial score (nSPS) is 35.8. The highest BCUT2D eigenvalue weighted by Crippen LogP contribution is 2.40. The van der Waals surface area contributed by atoms with Gasteiger partial charge >= 0.3 is 18.2 Å². The van der Waals surface area contributed by atoms with Crippen LogP contribution in [0.15, 0.2) is 34.9 Å². The van der Waals surface area contributed by atoms with E-state index in [9.17, 15) is 37.5 Å². The summed E-state index contributed by atoms with van der Waals surface area (Å²) in [5.74, 6) is -0.234. The number of likely N-dealkylation sites (N-methyl/N-ethyl adjacent to an activating group) is 1. The zero-order chi connectivity index (χ0) is 44.5. The predicted octanol–water partition coefficient (Wildman–Crippen LogP) is 5.57. The molecule has 330 valence electrons. The van der Waals surface area contributed by atoms with Gasteiger partial charge < -0.3 is 43.5 Å². The number of carbonyl (C=O) groups is 4. The van der Waals surface area contributed by atoms with Gasteiger partial charge in [-0.15, -0.1) is 0 Å². The molecule has 0 aliphatic carbocycles. The number of fused-ring (bicyclic) bond motifs is 1. The van der Waals surface area contributed by atoms with Crippen LogP contribution in [-0.2, 0) is 44.2 Å². The quantitative estimate of drug-likeness (QED) is 0.201. The SMILES string of the molecule is CC[C@H]1OC(=O)[C@H](C)C(=O)[C@H](C)[C@@H](O[C@@H]2O[C@H](C)C[C@H](N(C)C)[C@H]2O)[C@@](C)(OCC#Cc2cc(-c3cccc(C(F)(F)F)c3)no2)C[C@@H](C)C(=O)[C@H](C)[C@H]2NC(=O)O[C@@]21C. The van der Waals surface area contributed by atoms with Crippen LogP contribution < -0.4 is 5.32 Å². The zero-order valence-electron chi connectivity index (χ0n) is 35.6. The summed E-state index contributed by atoms with van der Waals surface area (Å²) >= 11 is 0. The standard InChI is InChI=1S/C43H56F3N3O11/c1-11-32-42(8)36(47-40(54)59-42)24(4)33(50)22(2)21-41(7,55-17-13-16-29-20-30(48-60-29)27-14-12-15-28(19-27)43(44,45)46)37(25(5)34(51)26(6)38(53)57-32)58-39-35(52)31(49(9)10)18-23(3)56-39/h12,14-15,19-20,22-26,31-32,35-37,39,52H,11,17-18,21H2,1-10H3,(H,47,54)/t22-,23-,24+,25+,26-,31+,32-,35-,36-,37-,39+,41+,42-/m1/s1. The number of esters is 1. The van der Waals surface area contributed by atoms with E-state index < -0.39 is 95.1 Å². The number of aromatic nitrogens is 1. The van der Waals surface area contributed by atoms with Gasteiger partial charge in [0.2, 0.25) is 5.76 Å². The minimum atomic E-state index is -4.56. The lowest BCUT2D eigenvalue weighted by molar-refractivity contribution is -0.296. The number of ketones is 2. The van der Waals surface area contributed by atoms with Crippen molar-refractivity contribution in [2.45, 2.75) is 135 Å². The van der Waals surface area contributed by atoms with Crippen LogP contribution in [0.4, 0.5) is 18.0 Å². The largest absolute Gasteiger partial charge is 0.458 e. The van der Waals surface area contributed by atoms with Crippen molar-refractivity contribution < 1.29 is 65.7 Å². The average Bonchev–Trinajstić information content (AvgIpc) is 3.79. The molecule has 0 spiro atoms. The second kappa shape index (κ2) is 18.3. The molecule has 17 heteroatoms. The number of alkyl carbamates (subject to hydrolysis) is 1. The molecule has 1 amide bonds. The average molecular weight is 848 g/mol. The van der Waals surface area contributed by atoms with Gasteiger partial charge in [0.25, 0.3) is 0 Å². The molecule has 5 rings (SSSR count). The van der Waals surface area contributed by atoms with Gasteiger partial charge in [-0.05, 0) is 79.1 Å². The van der Waals surface area contributed by atoms with Gasteiger partial charge in [-0.1, -0.05) is 50.9 Å². The van der Waals surface area contributed by atoms with E-state index in [1.807, 2.05) is 25.9 Å². The van der Waals surface area contributed by atoms with E-state index >= 15 is 0 Å². The molecule has 0 saturated carbocycles. The van der Waals surface area contributed by atoms with E-state index in [0.717, 1.165) is 12.1 Å². The molecule has 0 bridgehead atoms. The Kier molecular flexibility index (Phi) is 14.3. The van der Waals surface area contributed by atoms with Crippen molar-refractivity contribution in [3.05, 3.63) is 41.7 Å². The van der Waals surface area contributed by atoms with Crippen molar-refractivity contribution in [3.63, 3.8) is 0 Å². The number of halogens is 3. The summed E-state index contributed by atoms with van der Waals surface area (Å²) in [4.78, 5) is 57.2. The molecule has 0 radical (unpaired) electrons. The van der Waals surface area contributed by atoms with Gasteiger partial charge in [0.05, 0.1) is 29.4 Å². The summed E-state index contributed by atoms with van der Waals surface area (Å²) in [5, 5.41) is 18.2. The number of benzene rings is 1. The lowest BCUT2D eigenvalue weighted by atomic mass is 9.73. The molecule has 3 aliphatic heterocycles. The Labute approximate surface area is 348 Å². The van der Waals surface area contributed by atoms with E-state index in [4.69, 9.17) is 28.2 Å². The van der Waals surface area contributed by atoms with Gasteiger partial charge in [0.15, 0.2) is 17.7 Å². The summed E-state index contributed by atoms with van der Waals surface area (Å²) in [6, 6.07) is 4.70. The molecule has 13 atom stereocenters. The number of rotatable bonds is 7. The highest BCUT2D eigenvalue weighted by molar-refractivity contribution is 6.00. The first-order chi connectivity index (χ1) is 28.0. The number of nitrogens with zero attached hydrogens (tertiary/aromatic N) is 2. The van der Waals surface area contributed by atoms with E-state index in [2.05, 4.69) is 22.3 Å². The Morgan fingerprint density at radius 1 is 1.03 bits per heavy atom. The topological polar surface area (TPSA) is 176 Å². The van der Waals surface area contributed by atoms with Crippen molar-refractivity contribution in [3.8, 4) is 23.1 Å². The first kappa shape index (κ1) is 46.7. The Bertz CT molecular complexity index is 1960. The Balaban J connectivity index is 1.54.